The molecule has 80 valence electrons. The zero-order valence-electron chi connectivity index (χ0n) is 8.37. The molecule has 0 radical (unpaired) electrons. The Morgan fingerprint density at radius 2 is 2.07 bits per heavy atom. The summed E-state index contributed by atoms with van der Waals surface area (Å²) < 4.78 is 2.75. The summed E-state index contributed by atoms with van der Waals surface area (Å²) in [6.45, 7) is 4.15. The molecule has 2 aromatic rings. The Kier molecular flexibility index (Phi) is 3.05. The summed E-state index contributed by atoms with van der Waals surface area (Å²) in [5.41, 5.74) is 0. The van der Waals surface area contributed by atoms with Crippen LogP contribution in [0.2, 0.25) is 9.49 Å². The van der Waals surface area contributed by atoms with Crippen LogP contribution in [0.15, 0.2) is 18.3 Å². The molecule has 0 spiro atoms. The van der Waals surface area contributed by atoms with E-state index >= 15 is 0 Å². The summed E-state index contributed by atoms with van der Waals surface area (Å²) >= 11 is 13.5. The van der Waals surface area contributed by atoms with Crippen molar-refractivity contribution in [2.24, 2.45) is 0 Å². The average Bonchev–Trinajstić information content (AvgIpc) is 2.71. The molecule has 0 saturated carbocycles. The number of nitrogens with zero attached hydrogens (tertiary/aromatic N) is 2. The molecule has 0 aliphatic carbocycles. The van der Waals surface area contributed by atoms with Gasteiger partial charge >= 0.3 is 0 Å². The number of hydrogen-bond acceptors (Lipinski definition) is 2. The van der Waals surface area contributed by atoms with E-state index in [-0.39, 0.29) is 6.04 Å². The second kappa shape index (κ2) is 4.16. The van der Waals surface area contributed by atoms with Crippen molar-refractivity contribution < 1.29 is 0 Å². The van der Waals surface area contributed by atoms with E-state index in [4.69, 9.17) is 23.2 Å². The predicted octanol–water partition coefficient (Wildman–Crippen LogP) is 4.50. The van der Waals surface area contributed by atoms with E-state index in [0.717, 1.165) is 15.0 Å². The minimum absolute atomic E-state index is 0.288. The zero-order valence-corrected chi connectivity index (χ0v) is 10.7. The summed E-state index contributed by atoms with van der Waals surface area (Å²) in [6.07, 6.45) is 1.67. The van der Waals surface area contributed by atoms with Gasteiger partial charge in [0.2, 0.25) is 0 Å². The lowest BCUT2D eigenvalue weighted by molar-refractivity contribution is 0.608. The molecule has 0 amide bonds. The van der Waals surface area contributed by atoms with Gasteiger partial charge < -0.3 is 4.57 Å². The molecule has 15 heavy (non-hydrogen) atoms. The van der Waals surface area contributed by atoms with Gasteiger partial charge in [-0.15, -0.1) is 11.3 Å². The SMILES string of the molecule is CC(C)n1c(Cl)cnc1-c1ccc(Cl)s1. The number of halogens is 2. The van der Waals surface area contributed by atoms with Gasteiger partial charge in [0.15, 0.2) is 5.82 Å². The maximum atomic E-state index is 6.07. The molecule has 2 nitrogen and oxygen atoms in total. The van der Waals surface area contributed by atoms with E-state index in [2.05, 4.69) is 18.8 Å². The van der Waals surface area contributed by atoms with Crippen molar-refractivity contribution in [3.8, 4) is 10.7 Å². The zero-order chi connectivity index (χ0) is 11.0. The van der Waals surface area contributed by atoms with Crippen molar-refractivity contribution in [3.05, 3.63) is 27.8 Å². The van der Waals surface area contributed by atoms with E-state index in [1.165, 1.54) is 11.3 Å². The van der Waals surface area contributed by atoms with Crippen LogP contribution in [-0.2, 0) is 0 Å². The van der Waals surface area contributed by atoms with Crippen LogP contribution in [-0.4, -0.2) is 9.55 Å². The van der Waals surface area contributed by atoms with Crippen molar-refractivity contribution in [2.75, 3.05) is 0 Å². The van der Waals surface area contributed by atoms with E-state index in [9.17, 15) is 0 Å². The lowest BCUT2D eigenvalue weighted by Crippen LogP contribution is -2.02. The molecule has 0 aliphatic heterocycles. The Labute approximate surface area is 102 Å². The number of aromatic nitrogens is 2. The third-order valence-corrected chi connectivity index (χ3v) is 3.57. The van der Waals surface area contributed by atoms with Crippen LogP contribution in [0.3, 0.4) is 0 Å². The van der Waals surface area contributed by atoms with Crippen molar-refractivity contribution in [3.63, 3.8) is 0 Å². The highest BCUT2D eigenvalue weighted by Gasteiger charge is 2.14. The molecule has 2 rings (SSSR count). The first kappa shape index (κ1) is 11.0. The molecule has 2 heterocycles. The lowest BCUT2D eigenvalue weighted by atomic mass is 10.3. The van der Waals surface area contributed by atoms with Gasteiger partial charge in [0.25, 0.3) is 0 Å². The van der Waals surface area contributed by atoms with Crippen molar-refractivity contribution in [1.29, 1.82) is 0 Å². The minimum Gasteiger partial charge on any atom is -0.312 e. The molecular formula is C10H10Cl2N2S. The fourth-order valence-corrected chi connectivity index (χ4v) is 2.81. The van der Waals surface area contributed by atoms with Crippen molar-refractivity contribution in [1.82, 2.24) is 9.55 Å². The molecule has 0 atom stereocenters. The van der Waals surface area contributed by atoms with Crippen LogP contribution >= 0.6 is 34.5 Å². The van der Waals surface area contributed by atoms with Crippen LogP contribution < -0.4 is 0 Å². The fraction of sp³-hybridized carbons (Fsp3) is 0.300. The van der Waals surface area contributed by atoms with Crippen LogP contribution in [0.25, 0.3) is 10.7 Å². The van der Waals surface area contributed by atoms with Crippen LogP contribution in [0.1, 0.15) is 19.9 Å². The second-order valence-electron chi connectivity index (χ2n) is 3.47. The standard InChI is InChI=1S/C10H10Cl2N2S/c1-6(2)14-8(11)5-13-10(14)7-3-4-9(12)15-7/h3-6H,1-2H3. The fourth-order valence-electron chi connectivity index (χ4n) is 1.45. The first-order chi connectivity index (χ1) is 7.09. The largest absolute Gasteiger partial charge is 0.312 e. The predicted molar refractivity (Wildman–Crippen MR) is 65.9 cm³/mol. The monoisotopic (exact) mass is 260 g/mol. The third-order valence-electron chi connectivity index (χ3n) is 2.06. The molecule has 5 heteroatoms. The molecule has 0 unspecified atom stereocenters. The molecule has 0 fully saturated rings. The van der Waals surface area contributed by atoms with Gasteiger partial charge in [-0.05, 0) is 26.0 Å². The Morgan fingerprint density at radius 3 is 2.60 bits per heavy atom. The molecule has 2 aromatic heterocycles. The normalized spacial score (nSPS) is 11.3. The van der Waals surface area contributed by atoms with E-state index in [1.807, 2.05) is 16.7 Å². The van der Waals surface area contributed by atoms with Gasteiger partial charge in [-0.2, -0.15) is 0 Å². The molecular weight excluding hydrogens is 251 g/mol. The number of hydrogen-bond donors (Lipinski definition) is 0. The first-order valence-corrected chi connectivity index (χ1v) is 6.15. The summed E-state index contributed by atoms with van der Waals surface area (Å²) in [4.78, 5) is 5.35. The lowest BCUT2D eigenvalue weighted by Gasteiger charge is -2.11. The van der Waals surface area contributed by atoms with Crippen LogP contribution in [0.4, 0.5) is 0 Å². The van der Waals surface area contributed by atoms with Crippen molar-refractivity contribution >= 4 is 34.5 Å². The summed E-state index contributed by atoms with van der Waals surface area (Å²) in [5, 5.41) is 0.657. The Morgan fingerprint density at radius 1 is 1.33 bits per heavy atom. The van der Waals surface area contributed by atoms with Gasteiger partial charge in [-0.3, -0.25) is 0 Å². The summed E-state index contributed by atoms with van der Waals surface area (Å²) in [6, 6.07) is 4.12. The minimum atomic E-state index is 0.288. The van der Waals surface area contributed by atoms with E-state index < -0.39 is 0 Å². The molecule has 0 saturated heterocycles. The van der Waals surface area contributed by atoms with E-state index in [1.54, 1.807) is 6.20 Å². The van der Waals surface area contributed by atoms with Gasteiger partial charge in [-0.25, -0.2) is 4.98 Å². The van der Waals surface area contributed by atoms with E-state index in [0.29, 0.717) is 5.15 Å². The maximum Gasteiger partial charge on any atom is 0.151 e. The Hall–Kier alpha value is -0.510. The second-order valence-corrected chi connectivity index (χ2v) is 5.57. The highest BCUT2D eigenvalue weighted by molar-refractivity contribution is 7.19. The average molecular weight is 261 g/mol. The highest BCUT2D eigenvalue weighted by Crippen LogP contribution is 2.33. The molecule has 0 aromatic carbocycles. The Balaban J connectivity index is 2.53. The number of rotatable bonds is 2. The van der Waals surface area contributed by atoms with Crippen molar-refractivity contribution in [2.45, 2.75) is 19.9 Å². The van der Waals surface area contributed by atoms with Crippen LogP contribution in [0.5, 0.6) is 0 Å². The number of thiophene rings is 1. The highest BCUT2D eigenvalue weighted by atomic mass is 35.5. The molecule has 0 aliphatic rings. The van der Waals surface area contributed by atoms with Gasteiger partial charge in [-0.1, -0.05) is 23.2 Å². The van der Waals surface area contributed by atoms with Gasteiger partial charge in [0.1, 0.15) is 5.15 Å². The number of imidazole rings is 1. The smallest absolute Gasteiger partial charge is 0.151 e. The Bertz CT molecular complexity index is 473. The summed E-state index contributed by atoms with van der Waals surface area (Å²) in [5.74, 6) is 0.881. The first-order valence-electron chi connectivity index (χ1n) is 4.58. The van der Waals surface area contributed by atoms with Gasteiger partial charge in [0, 0.05) is 6.04 Å². The molecule has 0 bridgehead atoms. The van der Waals surface area contributed by atoms with Gasteiger partial charge in [0.05, 0.1) is 15.4 Å². The quantitative estimate of drug-likeness (QED) is 0.778. The molecule has 0 N–H and O–H groups in total. The topological polar surface area (TPSA) is 17.8 Å². The van der Waals surface area contributed by atoms with Crippen LogP contribution in [0, 0.1) is 0 Å². The summed E-state index contributed by atoms with van der Waals surface area (Å²) in [7, 11) is 0. The third kappa shape index (κ3) is 2.05. The maximum absolute atomic E-state index is 6.07.